The fourth-order valence-electron chi connectivity index (χ4n) is 2.24. The minimum Gasteiger partial charge on any atom is -0.381 e. The van der Waals surface area contributed by atoms with Crippen molar-refractivity contribution >= 4 is 21.6 Å². The second-order valence-electron chi connectivity index (χ2n) is 4.38. The van der Waals surface area contributed by atoms with E-state index in [-0.39, 0.29) is 5.92 Å². The number of rotatable bonds is 2. The molecule has 1 N–H and O–H groups in total. The molecule has 1 fully saturated rings. The number of nitrogens with one attached hydrogen (secondary N) is 1. The van der Waals surface area contributed by atoms with Gasteiger partial charge < -0.3 is 5.32 Å². The van der Waals surface area contributed by atoms with E-state index >= 15 is 0 Å². The Kier molecular flexibility index (Phi) is 3.50. The maximum Gasteiger partial charge on any atom is 0.0677 e. The van der Waals surface area contributed by atoms with Gasteiger partial charge in [0.15, 0.2) is 0 Å². The third-order valence-corrected chi connectivity index (χ3v) is 3.72. The lowest BCUT2D eigenvalue weighted by Crippen LogP contribution is -2.23. The minimum atomic E-state index is 0.165. The molecule has 0 heterocycles. The van der Waals surface area contributed by atoms with Gasteiger partial charge in [-0.2, -0.15) is 5.26 Å². The summed E-state index contributed by atoms with van der Waals surface area (Å²) in [7, 11) is 0. The number of halogens is 1. The van der Waals surface area contributed by atoms with Crippen LogP contribution in [0.2, 0.25) is 0 Å². The van der Waals surface area contributed by atoms with Gasteiger partial charge in [0, 0.05) is 16.2 Å². The lowest BCUT2D eigenvalue weighted by molar-refractivity contribution is 0.629. The number of anilines is 1. The zero-order valence-corrected chi connectivity index (χ0v) is 10.9. The van der Waals surface area contributed by atoms with Crippen molar-refractivity contribution in [2.45, 2.75) is 32.2 Å². The largest absolute Gasteiger partial charge is 0.381 e. The number of benzene rings is 1. The predicted molar refractivity (Wildman–Crippen MR) is 69.2 cm³/mol. The van der Waals surface area contributed by atoms with Crippen LogP contribution in [0, 0.1) is 24.2 Å². The Morgan fingerprint density at radius 2 is 2.25 bits per heavy atom. The third-order valence-electron chi connectivity index (χ3n) is 3.22. The molecular formula is C13H15BrN2. The van der Waals surface area contributed by atoms with E-state index in [1.807, 2.05) is 6.07 Å². The van der Waals surface area contributed by atoms with Crippen LogP contribution in [0.25, 0.3) is 0 Å². The van der Waals surface area contributed by atoms with Crippen LogP contribution in [0.3, 0.4) is 0 Å². The smallest absolute Gasteiger partial charge is 0.0677 e. The van der Waals surface area contributed by atoms with Crippen LogP contribution in [0.1, 0.15) is 24.8 Å². The van der Waals surface area contributed by atoms with E-state index in [2.05, 4.69) is 46.4 Å². The quantitative estimate of drug-likeness (QED) is 0.892. The van der Waals surface area contributed by atoms with E-state index in [9.17, 15) is 0 Å². The molecule has 2 atom stereocenters. The van der Waals surface area contributed by atoms with E-state index in [0.717, 1.165) is 29.4 Å². The second kappa shape index (κ2) is 4.88. The van der Waals surface area contributed by atoms with Crippen molar-refractivity contribution in [2.75, 3.05) is 5.32 Å². The molecule has 1 saturated carbocycles. The Bertz CT molecular complexity index is 422. The Morgan fingerprint density at radius 3 is 3.00 bits per heavy atom. The summed E-state index contributed by atoms with van der Waals surface area (Å²) >= 11 is 3.47. The Hall–Kier alpha value is -1.01. The Labute approximate surface area is 105 Å². The number of aryl methyl sites for hydroxylation is 1. The molecule has 1 aromatic carbocycles. The molecule has 16 heavy (non-hydrogen) atoms. The van der Waals surface area contributed by atoms with E-state index in [1.165, 1.54) is 5.56 Å². The molecule has 0 aromatic heterocycles. The summed E-state index contributed by atoms with van der Waals surface area (Å²) in [6, 6.07) is 8.92. The van der Waals surface area contributed by atoms with E-state index < -0.39 is 0 Å². The highest BCUT2D eigenvalue weighted by Crippen LogP contribution is 2.30. The summed E-state index contributed by atoms with van der Waals surface area (Å²) in [6.07, 6.45) is 3.29. The van der Waals surface area contributed by atoms with Crippen LogP contribution in [0.15, 0.2) is 22.7 Å². The highest BCUT2D eigenvalue weighted by molar-refractivity contribution is 9.10. The number of hydrogen-bond donors (Lipinski definition) is 1. The van der Waals surface area contributed by atoms with Crippen LogP contribution >= 0.6 is 15.9 Å². The van der Waals surface area contributed by atoms with Crippen LogP contribution < -0.4 is 5.32 Å². The lowest BCUT2D eigenvalue weighted by atomic mass is 10.0. The topological polar surface area (TPSA) is 35.8 Å². The predicted octanol–water partition coefficient (Wildman–Crippen LogP) is 3.86. The van der Waals surface area contributed by atoms with Gasteiger partial charge in [0.25, 0.3) is 0 Å². The summed E-state index contributed by atoms with van der Waals surface area (Å²) in [6.45, 7) is 2.09. The Morgan fingerprint density at radius 1 is 1.44 bits per heavy atom. The van der Waals surface area contributed by atoms with Gasteiger partial charge in [-0.1, -0.05) is 22.0 Å². The zero-order valence-electron chi connectivity index (χ0n) is 9.33. The third kappa shape index (κ3) is 2.38. The number of hydrogen-bond acceptors (Lipinski definition) is 2. The first-order chi connectivity index (χ1) is 7.70. The van der Waals surface area contributed by atoms with E-state index in [0.29, 0.717) is 6.04 Å². The van der Waals surface area contributed by atoms with Crippen molar-refractivity contribution in [3.05, 3.63) is 28.2 Å². The van der Waals surface area contributed by atoms with Gasteiger partial charge in [-0.15, -0.1) is 0 Å². The van der Waals surface area contributed by atoms with Crippen LogP contribution in [-0.2, 0) is 0 Å². The first-order valence-electron chi connectivity index (χ1n) is 5.63. The molecule has 0 saturated heterocycles. The highest BCUT2D eigenvalue weighted by atomic mass is 79.9. The first-order valence-corrected chi connectivity index (χ1v) is 6.42. The van der Waals surface area contributed by atoms with E-state index in [1.54, 1.807) is 0 Å². The van der Waals surface area contributed by atoms with Crippen molar-refractivity contribution in [2.24, 2.45) is 5.92 Å². The monoisotopic (exact) mass is 278 g/mol. The standard InChI is InChI=1S/C13H15BrN2/c1-9-5-6-11(14)7-13(9)16-12-4-2-3-10(12)8-15/h5-7,10,12,16H,2-4H2,1H3. The summed E-state index contributed by atoms with van der Waals surface area (Å²) in [5, 5.41) is 12.5. The molecular weight excluding hydrogens is 264 g/mol. The maximum atomic E-state index is 9.04. The molecule has 1 aliphatic rings. The Balaban J connectivity index is 2.14. The summed E-state index contributed by atoms with van der Waals surface area (Å²) in [5.74, 6) is 0.165. The van der Waals surface area contributed by atoms with Gasteiger partial charge in [-0.05, 0) is 43.9 Å². The summed E-state index contributed by atoms with van der Waals surface area (Å²) < 4.78 is 1.08. The normalized spacial score (nSPS) is 24.1. The molecule has 1 aromatic rings. The van der Waals surface area contributed by atoms with Crippen molar-refractivity contribution in [3.63, 3.8) is 0 Å². The minimum absolute atomic E-state index is 0.165. The second-order valence-corrected chi connectivity index (χ2v) is 5.29. The molecule has 2 rings (SSSR count). The lowest BCUT2D eigenvalue weighted by Gasteiger charge is -2.18. The molecule has 2 unspecified atom stereocenters. The van der Waals surface area contributed by atoms with Crippen molar-refractivity contribution in [1.29, 1.82) is 5.26 Å². The summed E-state index contributed by atoms with van der Waals surface area (Å²) in [4.78, 5) is 0. The molecule has 84 valence electrons. The average Bonchev–Trinajstić information content (AvgIpc) is 2.71. The van der Waals surface area contributed by atoms with Crippen LogP contribution in [0.5, 0.6) is 0 Å². The molecule has 3 heteroatoms. The zero-order chi connectivity index (χ0) is 11.5. The van der Waals surface area contributed by atoms with Gasteiger partial charge in [0.05, 0.1) is 12.0 Å². The van der Waals surface area contributed by atoms with Gasteiger partial charge >= 0.3 is 0 Å². The molecule has 0 radical (unpaired) electrons. The molecule has 2 nitrogen and oxygen atoms in total. The SMILES string of the molecule is Cc1ccc(Br)cc1NC1CCCC1C#N. The molecule has 0 bridgehead atoms. The maximum absolute atomic E-state index is 9.04. The van der Waals surface area contributed by atoms with Crippen LogP contribution in [-0.4, -0.2) is 6.04 Å². The first kappa shape index (κ1) is 11.5. The number of nitriles is 1. The highest BCUT2D eigenvalue weighted by Gasteiger charge is 2.27. The van der Waals surface area contributed by atoms with Gasteiger partial charge in [0.2, 0.25) is 0 Å². The average molecular weight is 279 g/mol. The van der Waals surface area contributed by atoms with Gasteiger partial charge in [0.1, 0.15) is 0 Å². The van der Waals surface area contributed by atoms with Crippen LogP contribution in [0.4, 0.5) is 5.69 Å². The fraction of sp³-hybridized carbons (Fsp3) is 0.462. The molecule has 0 amide bonds. The molecule has 0 aliphatic heterocycles. The fourth-order valence-corrected chi connectivity index (χ4v) is 2.60. The number of nitrogens with zero attached hydrogens (tertiary/aromatic N) is 1. The van der Waals surface area contributed by atoms with E-state index in [4.69, 9.17) is 5.26 Å². The van der Waals surface area contributed by atoms with Crippen molar-refractivity contribution < 1.29 is 0 Å². The molecule has 1 aliphatic carbocycles. The van der Waals surface area contributed by atoms with Crippen molar-refractivity contribution in [3.8, 4) is 6.07 Å². The molecule has 0 spiro atoms. The van der Waals surface area contributed by atoms with Gasteiger partial charge in [-0.25, -0.2) is 0 Å². The van der Waals surface area contributed by atoms with Gasteiger partial charge in [-0.3, -0.25) is 0 Å². The van der Waals surface area contributed by atoms with Crippen molar-refractivity contribution in [1.82, 2.24) is 0 Å². The summed E-state index contributed by atoms with van der Waals surface area (Å²) in [5.41, 5.74) is 2.37.